The maximum atomic E-state index is 13.6. The summed E-state index contributed by atoms with van der Waals surface area (Å²) in [7, 11) is 0. The Balaban J connectivity index is 2.14. The van der Waals surface area contributed by atoms with Crippen molar-refractivity contribution in [2.75, 3.05) is 19.6 Å². The number of nitrogens with two attached hydrogens (primary N) is 1. The molecule has 2 nitrogen and oxygen atoms in total. The Morgan fingerprint density at radius 1 is 1.16 bits per heavy atom. The van der Waals surface area contributed by atoms with Crippen molar-refractivity contribution in [3.8, 4) is 0 Å². The smallest absolute Gasteiger partial charge is 0.142 e. The molecule has 1 fully saturated rings. The van der Waals surface area contributed by atoms with Gasteiger partial charge in [0.2, 0.25) is 0 Å². The highest BCUT2D eigenvalue weighted by Crippen LogP contribution is 2.26. The van der Waals surface area contributed by atoms with Gasteiger partial charge in [0, 0.05) is 12.6 Å². The average Bonchev–Trinajstić information content (AvgIpc) is 2.36. The summed E-state index contributed by atoms with van der Waals surface area (Å²) in [4.78, 5) is 2.39. The molecule has 0 amide bonds. The van der Waals surface area contributed by atoms with E-state index in [0.717, 1.165) is 18.7 Å². The number of hydrogen-bond acceptors (Lipinski definition) is 2. The number of benzene rings is 1. The van der Waals surface area contributed by atoms with Gasteiger partial charge in [0.25, 0.3) is 0 Å². The first-order chi connectivity index (χ1) is 9.22. The number of hydrogen-bond donors (Lipinski definition) is 1. The van der Waals surface area contributed by atoms with Crippen molar-refractivity contribution in [2.45, 2.75) is 38.1 Å². The van der Waals surface area contributed by atoms with Gasteiger partial charge in [-0.3, -0.25) is 4.90 Å². The van der Waals surface area contributed by atoms with Gasteiger partial charge < -0.3 is 5.73 Å². The van der Waals surface area contributed by atoms with Gasteiger partial charge >= 0.3 is 0 Å². The highest BCUT2D eigenvalue weighted by atomic mass is 35.5. The molecule has 0 saturated carbocycles. The van der Waals surface area contributed by atoms with Crippen LogP contribution in [-0.4, -0.2) is 24.5 Å². The second kappa shape index (κ2) is 7.22. The van der Waals surface area contributed by atoms with Crippen LogP contribution < -0.4 is 5.73 Å². The Labute approximate surface area is 119 Å². The third-order valence-corrected chi connectivity index (χ3v) is 4.19. The van der Waals surface area contributed by atoms with E-state index >= 15 is 0 Å². The van der Waals surface area contributed by atoms with Crippen LogP contribution in [0.1, 0.15) is 43.7 Å². The highest BCUT2D eigenvalue weighted by Gasteiger charge is 2.20. The molecule has 0 spiro atoms. The predicted octanol–water partition coefficient (Wildman–Crippen LogP) is 3.75. The largest absolute Gasteiger partial charge is 0.329 e. The van der Waals surface area contributed by atoms with Crippen molar-refractivity contribution >= 4 is 11.6 Å². The van der Waals surface area contributed by atoms with Crippen LogP contribution in [0.3, 0.4) is 0 Å². The van der Waals surface area contributed by atoms with Gasteiger partial charge in [-0.15, -0.1) is 0 Å². The Morgan fingerprint density at radius 3 is 2.37 bits per heavy atom. The third kappa shape index (κ3) is 3.91. The first kappa shape index (κ1) is 14.8. The first-order valence-corrected chi connectivity index (χ1v) is 7.49. The minimum atomic E-state index is -0.357. The minimum Gasteiger partial charge on any atom is -0.329 e. The first-order valence-electron chi connectivity index (χ1n) is 7.11. The SMILES string of the molecule is NCC(c1ccc(Cl)c(F)c1)N1CCCCCCC1. The number of likely N-dealkylation sites (tertiary alicyclic amines) is 1. The molecule has 1 saturated heterocycles. The molecule has 19 heavy (non-hydrogen) atoms. The van der Waals surface area contributed by atoms with Crippen LogP contribution in [-0.2, 0) is 0 Å². The Morgan fingerprint density at radius 2 is 1.79 bits per heavy atom. The number of halogens is 2. The van der Waals surface area contributed by atoms with Gasteiger partial charge in [0.05, 0.1) is 5.02 Å². The fourth-order valence-electron chi connectivity index (χ4n) is 2.80. The molecule has 0 aromatic heterocycles. The summed E-state index contributed by atoms with van der Waals surface area (Å²) in [6.07, 6.45) is 6.29. The van der Waals surface area contributed by atoms with Gasteiger partial charge in [-0.05, 0) is 43.6 Å². The zero-order valence-electron chi connectivity index (χ0n) is 11.2. The molecule has 1 aliphatic rings. The maximum Gasteiger partial charge on any atom is 0.142 e. The monoisotopic (exact) mass is 284 g/mol. The Kier molecular flexibility index (Phi) is 5.61. The van der Waals surface area contributed by atoms with Crippen LogP contribution in [0.25, 0.3) is 0 Å². The van der Waals surface area contributed by atoms with Gasteiger partial charge in [0.15, 0.2) is 0 Å². The summed E-state index contributed by atoms with van der Waals surface area (Å²) in [6.45, 7) is 2.61. The lowest BCUT2D eigenvalue weighted by molar-refractivity contribution is 0.183. The van der Waals surface area contributed by atoms with E-state index in [4.69, 9.17) is 17.3 Å². The second-order valence-corrected chi connectivity index (χ2v) is 5.64. The van der Waals surface area contributed by atoms with E-state index in [9.17, 15) is 4.39 Å². The lowest BCUT2D eigenvalue weighted by Crippen LogP contribution is -2.36. The summed E-state index contributed by atoms with van der Waals surface area (Å²) in [6, 6.07) is 5.14. The van der Waals surface area contributed by atoms with E-state index in [1.807, 2.05) is 6.07 Å². The fraction of sp³-hybridized carbons (Fsp3) is 0.600. The molecule has 0 radical (unpaired) electrons. The molecule has 1 heterocycles. The standard InChI is InChI=1S/C15H22ClFN2/c16-13-7-6-12(10-14(13)17)15(11-18)19-8-4-2-1-3-5-9-19/h6-7,10,15H,1-5,8-9,11,18H2. The molecular weight excluding hydrogens is 263 g/mol. The molecule has 2 rings (SSSR count). The molecular formula is C15H22ClFN2. The number of nitrogens with zero attached hydrogens (tertiary/aromatic N) is 1. The molecule has 1 aromatic carbocycles. The molecule has 1 unspecified atom stereocenters. The van der Waals surface area contributed by atoms with Crippen LogP contribution in [0.5, 0.6) is 0 Å². The van der Waals surface area contributed by atoms with Gasteiger partial charge in [-0.25, -0.2) is 4.39 Å². The maximum absolute atomic E-state index is 13.6. The summed E-state index contributed by atoms with van der Waals surface area (Å²) >= 11 is 5.74. The molecule has 1 aromatic rings. The van der Waals surface area contributed by atoms with Gasteiger partial charge in [-0.1, -0.05) is 36.9 Å². The molecule has 0 bridgehead atoms. The van der Waals surface area contributed by atoms with Gasteiger partial charge in [-0.2, -0.15) is 0 Å². The lowest BCUT2D eigenvalue weighted by Gasteiger charge is -2.32. The summed E-state index contributed by atoms with van der Waals surface area (Å²) in [5.74, 6) is -0.357. The van der Waals surface area contributed by atoms with Crippen molar-refractivity contribution in [3.05, 3.63) is 34.6 Å². The molecule has 0 aliphatic carbocycles. The van der Waals surface area contributed by atoms with E-state index in [0.29, 0.717) is 6.54 Å². The quantitative estimate of drug-likeness (QED) is 0.916. The van der Waals surface area contributed by atoms with Crippen molar-refractivity contribution in [2.24, 2.45) is 5.73 Å². The zero-order chi connectivity index (χ0) is 13.7. The zero-order valence-corrected chi connectivity index (χ0v) is 12.0. The minimum absolute atomic E-state index is 0.102. The summed E-state index contributed by atoms with van der Waals surface area (Å²) < 4.78 is 13.6. The predicted molar refractivity (Wildman–Crippen MR) is 77.9 cm³/mol. The van der Waals surface area contributed by atoms with Crippen molar-refractivity contribution < 1.29 is 4.39 Å². The van der Waals surface area contributed by atoms with Crippen molar-refractivity contribution in [3.63, 3.8) is 0 Å². The van der Waals surface area contributed by atoms with Gasteiger partial charge in [0.1, 0.15) is 5.82 Å². The van der Waals surface area contributed by atoms with Crippen molar-refractivity contribution in [1.82, 2.24) is 4.90 Å². The van der Waals surface area contributed by atoms with Crippen LogP contribution in [0.4, 0.5) is 4.39 Å². The topological polar surface area (TPSA) is 29.3 Å². The summed E-state index contributed by atoms with van der Waals surface area (Å²) in [5, 5.41) is 0.173. The molecule has 106 valence electrons. The Hall–Kier alpha value is -0.640. The van der Waals surface area contributed by atoms with Crippen LogP contribution in [0.15, 0.2) is 18.2 Å². The Bertz CT molecular complexity index is 403. The normalized spacial score (nSPS) is 19.7. The van der Waals surface area contributed by atoms with Crippen LogP contribution in [0.2, 0.25) is 5.02 Å². The summed E-state index contributed by atoms with van der Waals surface area (Å²) in [5.41, 5.74) is 6.85. The molecule has 1 atom stereocenters. The van der Waals surface area contributed by atoms with E-state index < -0.39 is 0 Å². The number of rotatable bonds is 3. The highest BCUT2D eigenvalue weighted by molar-refractivity contribution is 6.30. The average molecular weight is 285 g/mol. The van der Waals surface area contributed by atoms with E-state index in [2.05, 4.69) is 4.90 Å². The van der Waals surface area contributed by atoms with E-state index in [1.165, 1.54) is 38.2 Å². The van der Waals surface area contributed by atoms with Crippen molar-refractivity contribution in [1.29, 1.82) is 0 Å². The second-order valence-electron chi connectivity index (χ2n) is 5.23. The molecule has 4 heteroatoms. The molecule has 2 N–H and O–H groups in total. The lowest BCUT2D eigenvalue weighted by atomic mass is 10.0. The van der Waals surface area contributed by atoms with Crippen LogP contribution in [0, 0.1) is 5.82 Å². The fourth-order valence-corrected chi connectivity index (χ4v) is 2.92. The van der Waals surface area contributed by atoms with Crippen LogP contribution >= 0.6 is 11.6 Å². The van der Waals surface area contributed by atoms with E-state index in [1.54, 1.807) is 6.07 Å². The van der Waals surface area contributed by atoms with E-state index in [-0.39, 0.29) is 16.9 Å². The third-order valence-electron chi connectivity index (χ3n) is 3.88. The molecule has 1 aliphatic heterocycles.